The molecule has 0 amide bonds. The number of nitrogens with zero attached hydrogens (tertiary/aromatic N) is 1. The number of halogens is 1. The lowest BCUT2D eigenvalue weighted by molar-refractivity contribution is -0.160. The fourth-order valence-corrected chi connectivity index (χ4v) is 6.11. The van der Waals surface area contributed by atoms with Crippen molar-refractivity contribution in [2.24, 2.45) is 0 Å². The highest BCUT2D eigenvalue weighted by molar-refractivity contribution is 6.73. The molecule has 0 spiro atoms. The lowest BCUT2D eigenvalue weighted by Gasteiger charge is -2.37. The second-order valence-electron chi connectivity index (χ2n) is 6.71. The number of esters is 1. The quantitative estimate of drug-likeness (QED) is 0.382. The molecule has 2 aromatic carbocycles. The summed E-state index contributed by atoms with van der Waals surface area (Å²) >= 11 is 6.01. The lowest BCUT2D eigenvalue weighted by Crippen LogP contribution is -2.49. The minimum absolute atomic E-state index is 0.0823. The Morgan fingerprint density at radius 3 is 2.11 bits per heavy atom. The monoisotopic (exact) mass is 415 g/mol. The van der Waals surface area contributed by atoms with Crippen molar-refractivity contribution in [3.8, 4) is 6.07 Å². The van der Waals surface area contributed by atoms with Crippen molar-refractivity contribution >= 4 is 25.9 Å². The molecule has 6 heteroatoms. The smallest absolute Gasteiger partial charge is 0.357 e. The fraction of sp³-hybridized carbons (Fsp3) is 0.364. The normalized spacial score (nSPS) is 13.4. The molecular weight excluding hydrogens is 390 g/mol. The maximum absolute atomic E-state index is 13.2. The SMILES string of the molecule is CC[Si](CC)(CC)O[C@@](C#N)(C(=O)OCc1ccccc1)c1ccc(Cl)cc1. The van der Waals surface area contributed by atoms with Gasteiger partial charge in [0, 0.05) is 10.6 Å². The van der Waals surface area contributed by atoms with Gasteiger partial charge in [0.1, 0.15) is 12.7 Å². The third-order valence-electron chi connectivity index (χ3n) is 5.21. The van der Waals surface area contributed by atoms with Gasteiger partial charge in [-0.1, -0.05) is 74.8 Å². The van der Waals surface area contributed by atoms with Crippen LogP contribution >= 0.6 is 11.6 Å². The first-order valence-corrected chi connectivity index (χ1v) is 12.4. The van der Waals surface area contributed by atoms with E-state index in [2.05, 4.69) is 26.8 Å². The number of hydrogen-bond donors (Lipinski definition) is 0. The zero-order chi connectivity index (χ0) is 20.6. The predicted octanol–water partition coefficient (Wildman–Crippen LogP) is 5.82. The van der Waals surface area contributed by atoms with Crippen LogP contribution in [0.1, 0.15) is 31.9 Å². The van der Waals surface area contributed by atoms with Gasteiger partial charge in [-0.25, -0.2) is 4.79 Å². The summed E-state index contributed by atoms with van der Waals surface area (Å²) in [4.78, 5) is 13.2. The summed E-state index contributed by atoms with van der Waals surface area (Å²) in [5.74, 6) is -0.687. The van der Waals surface area contributed by atoms with Crippen molar-refractivity contribution in [3.63, 3.8) is 0 Å². The van der Waals surface area contributed by atoms with Gasteiger partial charge < -0.3 is 9.16 Å². The van der Waals surface area contributed by atoms with Crippen LogP contribution < -0.4 is 0 Å². The largest absolute Gasteiger partial charge is 0.458 e. The highest BCUT2D eigenvalue weighted by Crippen LogP contribution is 2.36. The molecule has 0 aliphatic rings. The Morgan fingerprint density at radius 2 is 1.61 bits per heavy atom. The number of carbonyl (C=O) groups is 1. The van der Waals surface area contributed by atoms with Gasteiger partial charge in [-0.2, -0.15) is 5.26 Å². The van der Waals surface area contributed by atoms with Crippen LogP contribution in [-0.2, 0) is 26.2 Å². The van der Waals surface area contributed by atoms with Crippen molar-refractivity contribution < 1.29 is 14.0 Å². The molecule has 0 aliphatic heterocycles. The molecule has 2 aromatic rings. The summed E-state index contributed by atoms with van der Waals surface area (Å²) in [7, 11) is -2.30. The van der Waals surface area contributed by atoms with Crippen LogP contribution in [0.5, 0.6) is 0 Å². The van der Waals surface area contributed by atoms with Gasteiger partial charge in [0.2, 0.25) is 0 Å². The molecule has 0 unspecified atom stereocenters. The summed E-state index contributed by atoms with van der Waals surface area (Å²) in [5.41, 5.74) is -0.498. The van der Waals surface area contributed by atoms with E-state index in [9.17, 15) is 10.1 Å². The minimum atomic E-state index is -2.30. The summed E-state index contributed by atoms with van der Waals surface area (Å²) in [6.45, 7) is 6.24. The maximum atomic E-state index is 13.2. The van der Waals surface area contributed by atoms with Crippen molar-refractivity contribution in [3.05, 3.63) is 70.7 Å². The molecule has 148 valence electrons. The van der Waals surface area contributed by atoms with Crippen LogP contribution in [0, 0.1) is 11.3 Å². The standard InChI is InChI=1S/C22H26ClNO3Si/c1-4-28(5-2,6-3)27-22(17-24,19-12-14-20(23)15-13-19)21(25)26-16-18-10-8-7-9-11-18/h7-15H,4-6,16H2,1-3H3/t22-/m1/s1. The molecule has 1 atom stereocenters. The van der Waals surface area contributed by atoms with Crippen molar-refractivity contribution in [2.45, 2.75) is 51.1 Å². The van der Waals surface area contributed by atoms with Gasteiger partial charge >= 0.3 is 5.97 Å². The average molecular weight is 416 g/mol. The average Bonchev–Trinajstić information content (AvgIpc) is 2.75. The van der Waals surface area contributed by atoms with Crippen LogP contribution in [0.3, 0.4) is 0 Å². The van der Waals surface area contributed by atoms with Crippen LogP contribution in [0.15, 0.2) is 54.6 Å². The van der Waals surface area contributed by atoms with E-state index in [-0.39, 0.29) is 6.61 Å². The zero-order valence-corrected chi connectivity index (χ0v) is 18.3. The lowest BCUT2D eigenvalue weighted by atomic mass is 9.95. The van der Waals surface area contributed by atoms with Gasteiger partial charge in [-0.05, 0) is 35.8 Å². The summed E-state index contributed by atoms with van der Waals surface area (Å²) in [5, 5.41) is 10.7. The topological polar surface area (TPSA) is 59.3 Å². The Kier molecular flexibility index (Phi) is 7.82. The molecule has 0 fully saturated rings. The van der Waals surface area contributed by atoms with Crippen molar-refractivity contribution in [1.82, 2.24) is 0 Å². The number of carbonyl (C=O) groups excluding carboxylic acids is 1. The first-order valence-electron chi connectivity index (χ1n) is 9.54. The molecule has 2 rings (SSSR count). The zero-order valence-electron chi connectivity index (χ0n) is 16.6. The molecule has 0 aliphatic carbocycles. The van der Waals surface area contributed by atoms with Gasteiger partial charge in [0.25, 0.3) is 5.60 Å². The first kappa shape index (κ1) is 22.2. The third-order valence-corrected chi connectivity index (χ3v) is 10.1. The minimum Gasteiger partial charge on any atom is -0.458 e. The second-order valence-corrected chi connectivity index (χ2v) is 11.8. The molecule has 0 saturated carbocycles. The summed E-state index contributed by atoms with van der Waals surface area (Å²) in [6, 6.07) is 20.6. The van der Waals surface area contributed by atoms with E-state index in [4.69, 9.17) is 20.8 Å². The van der Waals surface area contributed by atoms with Crippen LogP contribution in [-0.4, -0.2) is 14.3 Å². The van der Waals surface area contributed by atoms with E-state index < -0.39 is 19.9 Å². The molecule has 28 heavy (non-hydrogen) atoms. The second kappa shape index (κ2) is 9.88. The highest BCUT2D eigenvalue weighted by atomic mass is 35.5. The number of ether oxygens (including phenoxy) is 1. The number of rotatable bonds is 9. The van der Waals surface area contributed by atoms with E-state index in [1.165, 1.54) is 0 Å². The van der Waals surface area contributed by atoms with Crippen LogP contribution in [0.25, 0.3) is 0 Å². The Bertz CT molecular complexity index is 808. The van der Waals surface area contributed by atoms with E-state index in [0.717, 1.165) is 23.7 Å². The Balaban J connectivity index is 2.43. The summed E-state index contributed by atoms with van der Waals surface area (Å²) in [6.07, 6.45) is 0. The van der Waals surface area contributed by atoms with Gasteiger partial charge in [-0.15, -0.1) is 0 Å². The van der Waals surface area contributed by atoms with Crippen LogP contribution in [0.4, 0.5) is 0 Å². The van der Waals surface area contributed by atoms with Crippen molar-refractivity contribution in [1.29, 1.82) is 5.26 Å². The molecule has 0 heterocycles. The molecule has 0 bridgehead atoms. The third kappa shape index (κ3) is 4.82. The van der Waals surface area contributed by atoms with E-state index in [1.54, 1.807) is 24.3 Å². The molecule has 0 N–H and O–H groups in total. The predicted molar refractivity (Wildman–Crippen MR) is 113 cm³/mol. The fourth-order valence-electron chi connectivity index (χ4n) is 3.15. The molecule has 0 radical (unpaired) electrons. The number of benzene rings is 2. The molecule has 0 aromatic heterocycles. The number of nitriles is 1. The Hall–Kier alpha value is -2.13. The molecular formula is C22H26ClNO3Si. The van der Waals surface area contributed by atoms with E-state index in [0.29, 0.717) is 10.6 Å². The van der Waals surface area contributed by atoms with Gasteiger partial charge in [0.05, 0.1) is 0 Å². The van der Waals surface area contributed by atoms with E-state index >= 15 is 0 Å². The maximum Gasteiger partial charge on any atom is 0.357 e. The first-order chi connectivity index (χ1) is 13.4. The highest BCUT2D eigenvalue weighted by Gasteiger charge is 2.49. The summed E-state index contributed by atoms with van der Waals surface area (Å²) < 4.78 is 12.0. The molecule has 0 saturated heterocycles. The van der Waals surface area contributed by atoms with E-state index in [1.807, 2.05) is 30.3 Å². The Labute approximate surface area is 173 Å². The van der Waals surface area contributed by atoms with Crippen molar-refractivity contribution in [2.75, 3.05) is 0 Å². The number of hydrogen-bond acceptors (Lipinski definition) is 4. The van der Waals surface area contributed by atoms with Gasteiger partial charge in [0.15, 0.2) is 8.32 Å². The molecule has 4 nitrogen and oxygen atoms in total. The Morgan fingerprint density at radius 1 is 1.04 bits per heavy atom. The van der Waals surface area contributed by atoms with Gasteiger partial charge in [-0.3, -0.25) is 0 Å². The van der Waals surface area contributed by atoms with Crippen LogP contribution in [0.2, 0.25) is 23.2 Å².